The fourth-order valence-electron chi connectivity index (χ4n) is 3.38. The molecular weight excluding hydrogens is 398 g/mol. The molecule has 4 rings (SSSR count). The zero-order chi connectivity index (χ0) is 21.1. The van der Waals surface area contributed by atoms with E-state index in [4.69, 9.17) is 4.98 Å². The molecule has 30 heavy (non-hydrogen) atoms. The number of sulfonamides is 1. The standard InChI is InChI=1S/C23H25N3O3S/c1-2-3-13-24-30(28,29)18-8-6-7-17(14-18)25-23(27)20-15-22(16-11-12-16)26-21-10-5-4-9-19(20)21/h4-10,14-16,24H,2-3,11-13H2,1H3,(H,25,27). The van der Waals surface area contributed by atoms with Crippen LogP contribution in [0.2, 0.25) is 0 Å². The highest BCUT2D eigenvalue weighted by atomic mass is 32.2. The van der Waals surface area contributed by atoms with Crippen LogP contribution in [0.15, 0.2) is 59.5 Å². The first-order valence-electron chi connectivity index (χ1n) is 10.3. The number of nitrogens with zero attached hydrogens (tertiary/aromatic N) is 1. The van der Waals surface area contributed by atoms with Crippen molar-refractivity contribution in [1.82, 2.24) is 9.71 Å². The van der Waals surface area contributed by atoms with Crippen LogP contribution in [-0.2, 0) is 10.0 Å². The molecule has 1 amide bonds. The summed E-state index contributed by atoms with van der Waals surface area (Å²) in [6.45, 7) is 2.39. The molecule has 1 heterocycles. The van der Waals surface area contributed by atoms with E-state index in [9.17, 15) is 13.2 Å². The summed E-state index contributed by atoms with van der Waals surface area (Å²) >= 11 is 0. The molecule has 6 nitrogen and oxygen atoms in total. The molecule has 1 saturated carbocycles. The van der Waals surface area contributed by atoms with Gasteiger partial charge in [0.25, 0.3) is 5.91 Å². The van der Waals surface area contributed by atoms with Crippen LogP contribution in [0.5, 0.6) is 0 Å². The number of rotatable bonds is 8. The number of nitrogens with one attached hydrogen (secondary N) is 2. The second-order valence-electron chi connectivity index (χ2n) is 7.62. The molecule has 7 heteroatoms. The molecule has 2 aromatic carbocycles. The average Bonchev–Trinajstić information content (AvgIpc) is 3.59. The number of pyridine rings is 1. The van der Waals surface area contributed by atoms with Gasteiger partial charge in [-0.15, -0.1) is 0 Å². The van der Waals surface area contributed by atoms with Gasteiger partial charge in [0.1, 0.15) is 0 Å². The van der Waals surface area contributed by atoms with Crippen molar-refractivity contribution in [3.05, 3.63) is 65.9 Å². The van der Waals surface area contributed by atoms with Crippen LogP contribution in [0, 0.1) is 0 Å². The second-order valence-corrected chi connectivity index (χ2v) is 9.39. The molecule has 0 bridgehead atoms. The van der Waals surface area contributed by atoms with Gasteiger partial charge in [-0.25, -0.2) is 13.1 Å². The number of aromatic nitrogens is 1. The maximum absolute atomic E-state index is 13.1. The molecule has 3 aromatic rings. The molecule has 0 atom stereocenters. The third-order valence-electron chi connectivity index (χ3n) is 5.20. The summed E-state index contributed by atoms with van der Waals surface area (Å²) in [4.78, 5) is 17.9. The van der Waals surface area contributed by atoms with E-state index in [2.05, 4.69) is 10.0 Å². The van der Waals surface area contributed by atoms with Gasteiger partial charge in [0, 0.05) is 29.2 Å². The Morgan fingerprint density at radius 1 is 1.10 bits per heavy atom. The number of anilines is 1. The van der Waals surface area contributed by atoms with Gasteiger partial charge in [-0.1, -0.05) is 37.6 Å². The lowest BCUT2D eigenvalue weighted by Crippen LogP contribution is -2.24. The lowest BCUT2D eigenvalue weighted by Gasteiger charge is -2.12. The molecule has 156 valence electrons. The lowest BCUT2D eigenvalue weighted by atomic mass is 10.1. The summed E-state index contributed by atoms with van der Waals surface area (Å²) < 4.78 is 27.6. The minimum Gasteiger partial charge on any atom is -0.322 e. The van der Waals surface area contributed by atoms with Gasteiger partial charge < -0.3 is 5.32 Å². The zero-order valence-corrected chi connectivity index (χ0v) is 17.7. The van der Waals surface area contributed by atoms with Crippen LogP contribution >= 0.6 is 0 Å². The number of benzene rings is 2. The molecule has 0 unspecified atom stereocenters. The predicted molar refractivity (Wildman–Crippen MR) is 118 cm³/mol. The number of hydrogen-bond donors (Lipinski definition) is 2. The van der Waals surface area contributed by atoms with Gasteiger partial charge in [0.05, 0.1) is 16.0 Å². The lowest BCUT2D eigenvalue weighted by molar-refractivity contribution is 0.102. The van der Waals surface area contributed by atoms with E-state index in [-0.39, 0.29) is 10.8 Å². The maximum atomic E-state index is 13.1. The van der Waals surface area contributed by atoms with Crippen LogP contribution < -0.4 is 10.0 Å². The number of fused-ring (bicyclic) bond motifs is 1. The van der Waals surface area contributed by atoms with Gasteiger partial charge >= 0.3 is 0 Å². The van der Waals surface area contributed by atoms with E-state index in [1.54, 1.807) is 12.1 Å². The van der Waals surface area contributed by atoms with Crippen molar-refractivity contribution in [3.63, 3.8) is 0 Å². The highest BCUT2D eigenvalue weighted by Gasteiger charge is 2.27. The maximum Gasteiger partial charge on any atom is 0.256 e. The third kappa shape index (κ3) is 4.52. The van der Waals surface area contributed by atoms with Crippen molar-refractivity contribution in [1.29, 1.82) is 0 Å². The van der Waals surface area contributed by atoms with Crippen molar-refractivity contribution in [2.75, 3.05) is 11.9 Å². The summed E-state index contributed by atoms with van der Waals surface area (Å²) in [6, 6.07) is 15.8. The van der Waals surface area contributed by atoms with Gasteiger partial charge in [0.2, 0.25) is 10.0 Å². The first-order valence-corrected chi connectivity index (χ1v) is 11.8. The molecule has 1 aromatic heterocycles. The van der Waals surface area contributed by atoms with Crippen molar-refractivity contribution in [2.45, 2.75) is 43.4 Å². The largest absolute Gasteiger partial charge is 0.322 e. The van der Waals surface area contributed by atoms with E-state index >= 15 is 0 Å². The molecule has 2 N–H and O–H groups in total. The summed E-state index contributed by atoms with van der Waals surface area (Å²) in [6.07, 6.45) is 3.87. The minimum atomic E-state index is -3.61. The highest BCUT2D eigenvalue weighted by molar-refractivity contribution is 7.89. The third-order valence-corrected chi connectivity index (χ3v) is 6.66. The molecular formula is C23H25N3O3S. The predicted octanol–water partition coefficient (Wildman–Crippen LogP) is 4.44. The second kappa shape index (κ2) is 8.53. The molecule has 1 fully saturated rings. The average molecular weight is 424 g/mol. The Morgan fingerprint density at radius 2 is 1.90 bits per heavy atom. The van der Waals surface area contributed by atoms with Crippen LogP contribution in [-0.4, -0.2) is 25.9 Å². The first kappa shape index (κ1) is 20.5. The Bertz CT molecular complexity index is 1190. The molecule has 0 spiro atoms. The van der Waals surface area contributed by atoms with Crippen molar-refractivity contribution in [2.24, 2.45) is 0 Å². The van der Waals surface area contributed by atoms with Gasteiger partial charge in [0.15, 0.2) is 0 Å². The Labute approximate surface area is 176 Å². The van der Waals surface area contributed by atoms with Gasteiger partial charge in [-0.3, -0.25) is 9.78 Å². The van der Waals surface area contributed by atoms with Crippen molar-refractivity contribution < 1.29 is 13.2 Å². The number of carbonyl (C=O) groups is 1. The normalized spacial score (nSPS) is 14.0. The number of amides is 1. The zero-order valence-electron chi connectivity index (χ0n) is 16.9. The summed E-state index contributed by atoms with van der Waals surface area (Å²) in [5.41, 5.74) is 2.72. The molecule has 0 radical (unpaired) electrons. The smallest absolute Gasteiger partial charge is 0.256 e. The quantitative estimate of drug-likeness (QED) is 0.524. The monoisotopic (exact) mass is 423 g/mol. The highest BCUT2D eigenvalue weighted by Crippen LogP contribution is 2.40. The SMILES string of the molecule is CCCCNS(=O)(=O)c1cccc(NC(=O)c2cc(C3CC3)nc3ccccc23)c1. The van der Waals surface area contributed by atoms with Crippen LogP contribution in [0.1, 0.15) is 54.6 Å². The van der Waals surface area contributed by atoms with Crippen molar-refractivity contribution >= 4 is 32.5 Å². The summed E-state index contributed by atoms with van der Waals surface area (Å²) in [7, 11) is -3.61. The van der Waals surface area contributed by atoms with Crippen LogP contribution in [0.3, 0.4) is 0 Å². The van der Waals surface area contributed by atoms with Gasteiger partial charge in [-0.05, 0) is 49.6 Å². The van der Waals surface area contributed by atoms with E-state index in [1.165, 1.54) is 12.1 Å². The Balaban J connectivity index is 1.60. The Morgan fingerprint density at radius 3 is 2.67 bits per heavy atom. The molecule has 0 aliphatic heterocycles. The fraction of sp³-hybridized carbons (Fsp3) is 0.304. The van der Waals surface area contributed by atoms with E-state index in [1.807, 2.05) is 37.3 Å². The number of para-hydroxylation sites is 1. The Hall–Kier alpha value is -2.77. The van der Waals surface area contributed by atoms with Crippen LogP contribution in [0.25, 0.3) is 10.9 Å². The molecule has 0 saturated heterocycles. The van der Waals surface area contributed by atoms with Crippen LogP contribution in [0.4, 0.5) is 5.69 Å². The number of carbonyl (C=O) groups excluding carboxylic acids is 1. The van der Waals surface area contributed by atoms with Crippen molar-refractivity contribution in [3.8, 4) is 0 Å². The molecule has 1 aliphatic carbocycles. The van der Waals surface area contributed by atoms with Gasteiger partial charge in [-0.2, -0.15) is 0 Å². The first-order chi connectivity index (χ1) is 14.5. The number of hydrogen-bond acceptors (Lipinski definition) is 4. The summed E-state index contributed by atoms with van der Waals surface area (Å²) in [5, 5.41) is 3.64. The summed E-state index contributed by atoms with van der Waals surface area (Å²) in [5.74, 6) is 0.146. The topological polar surface area (TPSA) is 88.2 Å². The number of unbranched alkanes of at least 4 members (excludes halogenated alkanes) is 1. The van der Waals surface area contributed by atoms with E-state index in [0.29, 0.717) is 23.7 Å². The molecule has 1 aliphatic rings. The Kier molecular flexibility index (Phi) is 5.83. The fourth-order valence-corrected chi connectivity index (χ4v) is 4.50. The van der Waals surface area contributed by atoms with E-state index in [0.717, 1.165) is 42.3 Å². The minimum absolute atomic E-state index is 0.134. The van der Waals surface area contributed by atoms with E-state index < -0.39 is 10.0 Å².